The van der Waals surface area contributed by atoms with Crippen LogP contribution in [0.1, 0.15) is 72.1 Å². The van der Waals surface area contributed by atoms with Gasteiger partial charge in [-0.05, 0) is 92.8 Å². The Hall–Kier alpha value is -0.780. The van der Waals surface area contributed by atoms with E-state index >= 15 is 0 Å². The van der Waals surface area contributed by atoms with E-state index in [9.17, 15) is 0 Å². The predicted molar refractivity (Wildman–Crippen MR) is 99.1 cm³/mol. The molecule has 126 valence electrons. The zero-order valence-corrected chi connectivity index (χ0v) is 15.5. The fourth-order valence-electron chi connectivity index (χ4n) is 7.46. The van der Waals surface area contributed by atoms with Crippen LogP contribution in [0.3, 0.4) is 0 Å². The minimum Gasteiger partial charge on any atom is -0.0998 e. The van der Waals surface area contributed by atoms with Crippen LogP contribution < -0.4 is 0 Å². The third-order valence-electron chi connectivity index (χ3n) is 8.67. The highest BCUT2D eigenvalue weighted by atomic mass is 14.6. The van der Waals surface area contributed by atoms with Gasteiger partial charge in [0, 0.05) is 0 Å². The molecule has 0 spiro atoms. The predicted octanol–water partition coefficient (Wildman–Crippen LogP) is 6.70. The van der Waals surface area contributed by atoms with E-state index in [-0.39, 0.29) is 0 Å². The van der Waals surface area contributed by atoms with Gasteiger partial charge < -0.3 is 0 Å². The van der Waals surface area contributed by atoms with E-state index in [2.05, 4.69) is 40.0 Å². The highest BCUT2D eigenvalue weighted by molar-refractivity contribution is 5.33. The van der Waals surface area contributed by atoms with Crippen LogP contribution >= 0.6 is 0 Å². The maximum atomic E-state index is 4.35. The molecular weight excluding hydrogens is 276 g/mol. The molecule has 4 aliphatic carbocycles. The highest BCUT2D eigenvalue weighted by Gasteiger charge is 2.58. The molecule has 0 bridgehead atoms. The van der Waals surface area contributed by atoms with E-state index < -0.39 is 0 Å². The molecule has 0 nitrogen and oxygen atoms in total. The fraction of sp³-hybridized carbons (Fsp3) is 0.739. The van der Waals surface area contributed by atoms with Gasteiger partial charge in [-0.3, -0.25) is 0 Å². The van der Waals surface area contributed by atoms with Gasteiger partial charge in [0.1, 0.15) is 0 Å². The Morgan fingerprint density at radius 2 is 1.83 bits per heavy atom. The maximum Gasteiger partial charge on any atom is -0.00790 e. The second-order valence-corrected chi connectivity index (χ2v) is 9.68. The summed E-state index contributed by atoms with van der Waals surface area (Å²) in [7, 11) is 0. The van der Waals surface area contributed by atoms with E-state index in [4.69, 9.17) is 0 Å². The van der Waals surface area contributed by atoms with E-state index in [1.165, 1.54) is 62.5 Å². The van der Waals surface area contributed by atoms with Crippen molar-refractivity contribution in [2.75, 3.05) is 0 Å². The zero-order chi connectivity index (χ0) is 16.4. The Morgan fingerprint density at radius 1 is 1.04 bits per heavy atom. The van der Waals surface area contributed by atoms with Crippen molar-refractivity contribution in [3.8, 4) is 0 Å². The van der Waals surface area contributed by atoms with Crippen molar-refractivity contribution in [3.63, 3.8) is 0 Å². The van der Waals surface area contributed by atoms with Crippen molar-refractivity contribution in [3.05, 3.63) is 36.0 Å². The summed E-state index contributed by atoms with van der Waals surface area (Å²) in [5, 5.41) is 0. The highest BCUT2D eigenvalue weighted by Crippen LogP contribution is 2.67. The number of hydrogen-bond donors (Lipinski definition) is 0. The smallest absolute Gasteiger partial charge is 0.00790 e. The van der Waals surface area contributed by atoms with Gasteiger partial charge in [0.2, 0.25) is 0 Å². The molecule has 4 unspecified atom stereocenters. The standard InChI is InChI=1S/C23H34/c1-15(2)19-8-9-20-18-7-6-17-14-16(3)10-12-22(17,4)21(18)11-13-23(19,20)5/h14,18-21H,1,3,6-13H2,2,4-5H3/t18?,19?,20-,21-,22?,23?/m0/s1. The van der Waals surface area contributed by atoms with Crippen LogP contribution in [0.25, 0.3) is 0 Å². The van der Waals surface area contributed by atoms with Crippen LogP contribution in [-0.4, -0.2) is 0 Å². The molecule has 0 amide bonds. The second kappa shape index (κ2) is 5.11. The largest absolute Gasteiger partial charge is 0.0998 e. The van der Waals surface area contributed by atoms with Crippen LogP contribution in [0.2, 0.25) is 0 Å². The van der Waals surface area contributed by atoms with Crippen LogP contribution in [0, 0.1) is 34.5 Å². The molecular formula is C23H34. The van der Waals surface area contributed by atoms with Crippen molar-refractivity contribution >= 4 is 0 Å². The first-order valence-electron chi connectivity index (χ1n) is 9.90. The van der Waals surface area contributed by atoms with Gasteiger partial charge in [-0.25, -0.2) is 0 Å². The average Bonchev–Trinajstić information content (AvgIpc) is 2.85. The van der Waals surface area contributed by atoms with Crippen molar-refractivity contribution in [2.24, 2.45) is 34.5 Å². The Labute approximate surface area is 143 Å². The molecule has 0 aromatic heterocycles. The van der Waals surface area contributed by atoms with Gasteiger partial charge in [-0.1, -0.05) is 49.8 Å². The second-order valence-electron chi connectivity index (χ2n) is 9.68. The first-order chi connectivity index (χ1) is 10.9. The number of hydrogen-bond acceptors (Lipinski definition) is 0. The molecule has 0 aliphatic heterocycles. The molecule has 0 radical (unpaired) electrons. The quantitative estimate of drug-likeness (QED) is 0.473. The van der Waals surface area contributed by atoms with Crippen LogP contribution in [0.15, 0.2) is 36.0 Å². The van der Waals surface area contributed by atoms with Crippen LogP contribution in [0.5, 0.6) is 0 Å². The lowest BCUT2D eigenvalue weighted by Gasteiger charge is -2.58. The van der Waals surface area contributed by atoms with Crippen LogP contribution in [-0.2, 0) is 0 Å². The molecule has 3 saturated carbocycles. The first-order valence-corrected chi connectivity index (χ1v) is 9.90. The van der Waals surface area contributed by atoms with E-state index in [0.29, 0.717) is 10.8 Å². The van der Waals surface area contributed by atoms with Crippen molar-refractivity contribution in [1.29, 1.82) is 0 Å². The van der Waals surface area contributed by atoms with Crippen molar-refractivity contribution in [1.82, 2.24) is 0 Å². The molecule has 0 N–H and O–H groups in total. The van der Waals surface area contributed by atoms with Crippen molar-refractivity contribution in [2.45, 2.75) is 72.1 Å². The summed E-state index contributed by atoms with van der Waals surface area (Å²) in [4.78, 5) is 0. The maximum absolute atomic E-state index is 4.35. The third kappa shape index (κ3) is 2.09. The van der Waals surface area contributed by atoms with Crippen LogP contribution in [0.4, 0.5) is 0 Å². The molecule has 0 heteroatoms. The summed E-state index contributed by atoms with van der Waals surface area (Å²) in [6, 6.07) is 0. The van der Waals surface area contributed by atoms with Gasteiger partial charge in [0.25, 0.3) is 0 Å². The molecule has 23 heavy (non-hydrogen) atoms. The molecule has 0 aromatic rings. The topological polar surface area (TPSA) is 0 Å². The first kappa shape index (κ1) is 15.7. The Bertz CT molecular complexity index is 579. The van der Waals surface area contributed by atoms with Gasteiger partial charge in [-0.2, -0.15) is 0 Å². The minimum atomic E-state index is 0.479. The summed E-state index contributed by atoms with van der Waals surface area (Å²) in [5.74, 6) is 3.62. The lowest BCUT2D eigenvalue weighted by Crippen LogP contribution is -2.50. The molecule has 6 atom stereocenters. The summed E-state index contributed by atoms with van der Waals surface area (Å²) in [6.07, 6.45) is 13.5. The SMILES string of the molecule is C=C1C=C2CCC3[C@H](CCC4(C)C(C(=C)C)CC[C@@H]34)C2(C)CC1. The lowest BCUT2D eigenvalue weighted by atomic mass is 9.46. The molecule has 0 aromatic carbocycles. The molecule has 3 fully saturated rings. The summed E-state index contributed by atoms with van der Waals surface area (Å²) in [6.45, 7) is 16.1. The number of rotatable bonds is 1. The van der Waals surface area contributed by atoms with Gasteiger partial charge in [0.05, 0.1) is 0 Å². The number of fused-ring (bicyclic) bond motifs is 5. The molecule has 4 aliphatic rings. The normalized spacial score (nSPS) is 49.0. The summed E-state index contributed by atoms with van der Waals surface area (Å²) < 4.78 is 0. The van der Waals surface area contributed by atoms with Gasteiger partial charge in [-0.15, -0.1) is 0 Å². The fourth-order valence-corrected chi connectivity index (χ4v) is 7.46. The molecule has 4 rings (SSSR count). The number of allylic oxidation sites excluding steroid dienone is 4. The Morgan fingerprint density at radius 3 is 2.57 bits per heavy atom. The van der Waals surface area contributed by atoms with Gasteiger partial charge in [0.15, 0.2) is 0 Å². The van der Waals surface area contributed by atoms with E-state index in [0.717, 1.165) is 23.7 Å². The summed E-state index contributed by atoms with van der Waals surface area (Å²) in [5.41, 5.74) is 5.59. The minimum absolute atomic E-state index is 0.479. The average molecular weight is 311 g/mol. The van der Waals surface area contributed by atoms with E-state index in [1.54, 1.807) is 5.57 Å². The molecule has 0 heterocycles. The lowest BCUT2D eigenvalue weighted by molar-refractivity contribution is -0.0450. The monoisotopic (exact) mass is 310 g/mol. The van der Waals surface area contributed by atoms with Crippen molar-refractivity contribution < 1.29 is 0 Å². The third-order valence-corrected chi connectivity index (χ3v) is 8.67. The van der Waals surface area contributed by atoms with Gasteiger partial charge >= 0.3 is 0 Å². The Kier molecular flexibility index (Phi) is 3.49. The van der Waals surface area contributed by atoms with E-state index in [1.807, 2.05) is 0 Å². The molecule has 0 saturated heterocycles. The zero-order valence-electron chi connectivity index (χ0n) is 15.5. The summed E-state index contributed by atoms with van der Waals surface area (Å²) >= 11 is 0. The Balaban J connectivity index is 1.67.